The van der Waals surface area contributed by atoms with Gasteiger partial charge in [0.2, 0.25) is 0 Å². The average molecular weight is 355 g/mol. The molecule has 1 unspecified atom stereocenters. The zero-order valence-electron chi connectivity index (χ0n) is 15.5. The maximum atomic E-state index is 13.1. The molecule has 5 nitrogen and oxygen atoms in total. The molecule has 0 spiro atoms. The second-order valence-electron chi connectivity index (χ2n) is 6.23. The van der Waals surface area contributed by atoms with Crippen LogP contribution in [0.1, 0.15) is 41.7 Å². The molecule has 1 fully saturated rings. The number of carbonyl (C=O) groups excluding carboxylic acids is 1. The number of nitrogens with zero attached hydrogens (tertiary/aromatic N) is 1. The second kappa shape index (κ2) is 8.13. The lowest BCUT2D eigenvalue weighted by Gasteiger charge is -2.25. The van der Waals surface area contributed by atoms with Gasteiger partial charge in [-0.25, -0.2) is 0 Å². The fourth-order valence-corrected chi connectivity index (χ4v) is 3.43. The second-order valence-corrected chi connectivity index (χ2v) is 6.23. The molecular weight excluding hydrogens is 330 g/mol. The van der Waals surface area contributed by atoms with Gasteiger partial charge < -0.3 is 19.1 Å². The average Bonchev–Trinajstić information content (AvgIpc) is 3.17. The number of rotatable bonds is 6. The van der Waals surface area contributed by atoms with Crippen molar-refractivity contribution in [2.24, 2.45) is 0 Å². The highest BCUT2D eigenvalue weighted by molar-refractivity contribution is 5.95. The van der Waals surface area contributed by atoms with Crippen LogP contribution in [0.3, 0.4) is 0 Å². The first-order valence-corrected chi connectivity index (χ1v) is 8.93. The zero-order valence-corrected chi connectivity index (χ0v) is 15.5. The SMILES string of the molecule is CCOc1cc(C(=O)N2CCCC2c2ccc(OC)cc2)ccc1OC. The molecule has 2 aromatic rings. The lowest BCUT2D eigenvalue weighted by atomic mass is 10.0. The van der Waals surface area contributed by atoms with E-state index < -0.39 is 0 Å². The van der Waals surface area contributed by atoms with E-state index in [1.165, 1.54) is 0 Å². The molecule has 2 aromatic carbocycles. The summed E-state index contributed by atoms with van der Waals surface area (Å²) in [5.74, 6) is 2.07. The van der Waals surface area contributed by atoms with Crippen molar-refractivity contribution in [2.75, 3.05) is 27.4 Å². The molecule has 0 N–H and O–H groups in total. The Balaban J connectivity index is 1.84. The van der Waals surface area contributed by atoms with E-state index in [1.807, 2.05) is 36.1 Å². The molecule has 1 amide bonds. The van der Waals surface area contributed by atoms with E-state index in [2.05, 4.69) is 0 Å². The fourth-order valence-electron chi connectivity index (χ4n) is 3.43. The Morgan fingerprint density at radius 1 is 1.08 bits per heavy atom. The molecule has 26 heavy (non-hydrogen) atoms. The quantitative estimate of drug-likeness (QED) is 0.783. The van der Waals surface area contributed by atoms with Gasteiger partial charge in [0, 0.05) is 12.1 Å². The van der Waals surface area contributed by atoms with Gasteiger partial charge in [0.15, 0.2) is 11.5 Å². The molecule has 1 aliphatic rings. The first-order valence-electron chi connectivity index (χ1n) is 8.93. The minimum Gasteiger partial charge on any atom is -0.497 e. The van der Waals surface area contributed by atoms with Gasteiger partial charge in [-0.2, -0.15) is 0 Å². The number of hydrogen-bond acceptors (Lipinski definition) is 4. The summed E-state index contributed by atoms with van der Waals surface area (Å²) < 4.78 is 16.1. The Labute approximate surface area is 154 Å². The molecule has 138 valence electrons. The van der Waals surface area contributed by atoms with Crippen LogP contribution in [0, 0.1) is 0 Å². The summed E-state index contributed by atoms with van der Waals surface area (Å²) in [4.78, 5) is 15.1. The highest BCUT2D eigenvalue weighted by atomic mass is 16.5. The molecule has 0 aromatic heterocycles. The number of likely N-dealkylation sites (tertiary alicyclic amines) is 1. The molecular formula is C21H25NO4. The number of ether oxygens (including phenoxy) is 3. The lowest BCUT2D eigenvalue weighted by molar-refractivity contribution is 0.0735. The summed E-state index contributed by atoms with van der Waals surface area (Å²) in [6.45, 7) is 3.19. The van der Waals surface area contributed by atoms with Crippen LogP contribution in [0.5, 0.6) is 17.2 Å². The van der Waals surface area contributed by atoms with Crippen molar-refractivity contribution in [3.05, 3.63) is 53.6 Å². The van der Waals surface area contributed by atoms with Crippen LogP contribution < -0.4 is 14.2 Å². The van der Waals surface area contributed by atoms with Crippen molar-refractivity contribution in [1.82, 2.24) is 4.90 Å². The van der Waals surface area contributed by atoms with Crippen molar-refractivity contribution in [3.63, 3.8) is 0 Å². The molecule has 1 atom stereocenters. The normalized spacial score (nSPS) is 16.4. The smallest absolute Gasteiger partial charge is 0.254 e. The van der Waals surface area contributed by atoms with Gasteiger partial charge in [-0.3, -0.25) is 4.79 Å². The summed E-state index contributed by atoms with van der Waals surface area (Å²) in [7, 11) is 3.25. The minimum atomic E-state index is 0.0203. The van der Waals surface area contributed by atoms with Gasteiger partial charge in [-0.05, 0) is 55.7 Å². The van der Waals surface area contributed by atoms with E-state index in [9.17, 15) is 4.79 Å². The van der Waals surface area contributed by atoms with Gasteiger partial charge in [0.25, 0.3) is 5.91 Å². The Kier molecular flexibility index (Phi) is 5.66. The molecule has 0 aliphatic carbocycles. The maximum Gasteiger partial charge on any atom is 0.254 e. The van der Waals surface area contributed by atoms with Crippen LogP contribution in [-0.2, 0) is 0 Å². The number of amides is 1. The Morgan fingerprint density at radius 3 is 2.50 bits per heavy atom. The van der Waals surface area contributed by atoms with E-state index >= 15 is 0 Å². The lowest BCUT2D eigenvalue weighted by Crippen LogP contribution is -2.30. The predicted molar refractivity (Wildman–Crippen MR) is 100 cm³/mol. The van der Waals surface area contributed by atoms with Crippen molar-refractivity contribution >= 4 is 5.91 Å². The molecule has 0 bridgehead atoms. The van der Waals surface area contributed by atoms with E-state index in [1.54, 1.807) is 32.4 Å². The van der Waals surface area contributed by atoms with E-state index in [-0.39, 0.29) is 11.9 Å². The first kappa shape index (κ1) is 18.1. The van der Waals surface area contributed by atoms with E-state index in [4.69, 9.17) is 14.2 Å². The van der Waals surface area contributed by atoms with Gasteiger partial charge in [-0.1, -0.05) is 12.1 Å². The Bertz CT molecular complexity index is 757. The van der Waals surface area contributed by atoms with Crippen molar-refractivity contribution in [1.29, 1.82) is 0 Å². The van der Waals surface area contributed by atoms with Crippen molar-refractivity contribution in [3.8, 4) is 17.2 Å². The first-order chi connectivity index (χ1) is 12.7. The highest BCUT2D eigenvalue weighted by Gasteiger charge is 2.31. The van der Waals surface area contributed by atoms with Crippen LogP contribution in [0.2, 0.25) is 0 Å². The van der Waals surface area contributed by atoms with Crippen LogP contribution in [0.4, 0.5) is 0 Å². The number of hydrogen-bond donors (Lipinski definition) is 0. The molecule has 1 saturated heterocycles. The van der Waals surface area contributed by atoms with E-state index in [0.717, 1.165) is 30.7 Å². The molecule has 5 heteroatoms. The highest BCUT2D eigenvalue weighted by Crippen LogP contribution is 2.35. The third-order valence-corrected chi connectivity index (χ3v) is 4.72. The summed E-state index contributed by atoms with van der Waals surface area (Å²) >= 11 is 0. The van der Waals surface area contributed by atoms with Gasteiger partial charge in [0.1, 0.15) is 5.75 Å². The molecule has 0 saturated carbocycles. The summed E-state index contributed by atoms with van der Waals surface area (Å²) in [6, 6.07) is 13.4. The van der Waals surface area contributed by atoms with Gasteiger partial charge >= 0.3 is 0 Å². The molecule has 1 heterocycles. The summed E-state index contributed by atoms with van der Waals surface area (Å²) in [6.07, 6.45) is 1.96. The number of carbonyl (C=O) groups is 1. The summed E-state index contributed by atoms with van der Waals surface area (Å²) in [5, 5.41) is 0. The van der Waals surface area contributed by atoms with Crippen molar-refractivity contribution in [2.45, 2.75) is 25.8 Å². The van der Waals surface area contributed by atoms with Crippen LogP contribution >= 0.6 is 0 Å². The van der Waals surface area contributed by atoms with Gasteiger partial charge in [0.05, 0.1) is 26.9 Å². The number of benzene rings is 2. The van der Waals surface area contributed by atoms with E-state index in [0.29, 0.717) is 23.7 Å². The zero-order chi connectivity index (χ0) is 18.5. The Morgan fingerprint density at radius 2 is 1.85 bits per heavy atom. The summed E-state index contributed by atoms with van der Waals surface area (Å²) in [5.41, 5.74) is 1.75. The monoisotopic (exact) mass is 355 g/mol. The Hall–Kier alpha value is -2.69. The molecule has 3 rings (SSSR count). The van der Waals surface area contributed by atoms with Crippen LogP contribution in [0.15, 0.2) is 42.5 Å². The molecule has 0 radical (unpaired) electrons. The van der Waals surface area contributed by atoms with Gasteiger partial charge in [-0.15, -0.1) is 0 Å². The largest absolute Gasteiger partial charge is 0.497 e. The third kappa shape index (κ3) is 3.62. The minimum absolute atomic E-state index is 0.0203. The number of methoxy groups -OCH3 is 2. The standard InChI is InChI=1S/C21H25NO4/c1-4-26-20-14-16(9-12-19(20)25-3)21(23)22-13-5-6-18(22)15-7-10-17(24-2)11-8-15/h7-12,14,18H,4-6,13H2,1-3H3. The fraction of sp³-hybridized carbons (Fsp3) is 0.381. The third-order valence-electron chi connectivity index (χ3n) is 4.72. The van der Waals surface area contributed by atoms with Crippen LogP contribution in [0.25, 0.3) is 0 Å². The topological polar surface area (TPSA) is 48.0 Å². The van der Waals surface area contributed by atoms with Crippen LogP contribution in [-0.4, -0.2) is 38.2 Å². The molecule has 1 aliphatic heterocycles. The maximum absolute atomic E-state index is 13.1. The van der Waals surface area contributed by atoms with Crippen molar-refractivity contribution < 1.29 is 19.0 Å². The predicted octanol–water partition coefficient (Wildman–Crippen LogP) is 4.08.